The molecule has 1 atom stereocenters. The highest BCUT2D eigenvalue weighted by Gasteiger charge is 2.01. The maximum absolute atomic E-state index is 8.98. The summed E-state index contributed by atoms with van der Waals surface area (Å²) in [6.07, 6.45) is 1.42. The molecule has 0 radical (unpaired) electrons. The number of aliphatic hydroxyl groups is 1. The first-order chi connectivity index (χ1) is 5.18. The Morgan fingerprint density at radius 1 is 1.82 bits per heavy atom. The van der Waals surface area contributed by atoms with Crippen molar-refractivity contribution >= 4 is 27.3 Å². The predicted molar refractivity (Wildman–Crippen MR) is 49.8 cm³/mol. The topological polar surface area (TPSA) is 33.1 Å². The average Bonchev–Trinajstić information content (AvgIpc) is 2.31. The molecule has 1 rings (SSSR count). The summed E-state index contributed by atoms with van der Waals surface area (Å²) in [4.78, 5) is 4.21. The predicted octanol–water partition coefficient (Wildman–Crippen LogP) is 2.22. The number of rotatable bonds is 3. The molecule has 1 aromatic rings. The molecule has 0 fully saturated rings. The Hall–Kier alpha value is 0.0700. The van der Waals surface area contributed by atoms with Gasteiger partial charge in [-0.2, -0.15) is 0 Å². The van der Waals surface area contributed by atoms with Crippen molar-refractivity contribution < 1.29 is 5.11 Å². The third-order valence-electron chi connectivity index (χ3n) is 1.34. The van der Waals surface area contributed by atoms with Crippen molar-refractivity contribution in [2.24, 2.45) is 0 Å². The van der Waals surface area contributed by atoms with Crippen molar-refractivity contribution in [3.8, 4) is 0 Å². The molecule has 0 spiro atoms. The normalized spacial score (nSPS) is 13.4. The Balaban J connectivity index is 2.39. The SMILES string of the molecule is CC(O)CCc1csc(Br)n1. The highest BCUT2D eigenvalue weighted by atomic mass is 79.9. The van der Waals surface area contributed by atoms with Crippen LogP contribution in [0.5, 0.6) is 0 Å². The lowest BCUT2D eigenvalue weighted by Gasteiger charge is -1.99. The molecule has 0 saturated carbocycles. The van der Waals surface area contributed by atoms with Crippen molar-refractivity contribution in [1.29, 1.82) is 0 Å². The molecule has 4 heteroatoms. The van der Waals surface area contributed by atoms with Crippen molar-refractivity contribution in [2.75, 3.05) is 0 Å². The largest absolute Gasteiger partial charge is 0.393 e. The van der Waals surface area contributed by atoms with E-state index >= 15 is 0 Å². The molecule has 2 nitrogen and oxygen atoms in total. The van der Waals surface area contributed by atoms with Crippen LogP contribution in [-0.4, -0.2) is 16.2 Å². The Bertz CT molecular complexity index is 224. The Morgan fingerprint density at radius 3 is 3.00 bits per heavy atom. The van der Waals surface area contributed by atoms with Gasteiger partial charge in [0.1, 0.15) is 0 Å². The van der Waals surface area contributed by atoms with Crippen molar-refractivity contribution in [2.45, 2.75) is 25.9 Å². The second-order valence-corrected chi connectivity index (χ2v) is 4.61. The maximum Gasteiger partial charge on any atom is 0.159 e. The van der Waals surface area contributed by atoms with Gasteiger partial charge in [-0.05, 0) is 35.7 Å². The van der Waals surface area contributed by atoms with E-state index < -0.39 is 0 Å². The fraction of sp³-hybridized carbons (Fsp3) is 0.571. The summed E-state index contributed by atoms with van der Waals surface area (Å²) in [7, 11) is 0. The fourth-order valence-corrected chi connectivity index (χ4v) is 1.84. The standard InChI is InChI=1S/C7H10BrNOS/c1-5(10)2-3-6-4-11-7(8)9-6/h4-5,10H,2-3H2,1H3. The van der Waals surface area contributed by atoms with Gasteiger partial charge in [0.15, 0.2) is 3.92 Å². The zero-order valence-electron chi connectivity index (χ0n) is 6.25. The van der Waals surface area contributed by atoms with E-state index in [4.69, 9.17) is 5.11 Å². The summed E-state index contributed by atoms with van der Waals surface area (Å²) in [6, 6.07) is 0. The molecule has 0 aromatic carbocycles. The van der Waals surface area contributed by atoms with Crippen molar-refractivity contribution in [3.05, 3.63) is 15.0 Å². The van der Waals surface area contributed by atoms with Crippen LogP contribution in [0.25, 0.3) is 0 Å². The molecule has 0 aliphatic carbocycles. The van der Waals surface area contributed by atoms with Crippen LogP contribution in [0.4, 0.5) is 0 Å². The Morgan fingerprint density at radius 2 is 2.55 bits per heavy atom. The number of nitrogens with zero attached hydrogens (tertiary/aromatic N) is 1. The highest BCUT2D eigenvalue weighted by Crippen LogP contribution is 2.17. The van der Waals surface area contributed by atoms with Crippen LogP contribution in [0.1, 0.15) is 19.0 Å². The van der Waals surface area contributed by atoms with Gasteiger partial charge in [-0.3, -0.25) is 0 Å². The molecule has 0 bridgehead atoms. The minimum atomic E-state index is -0.226. The number of halogens is 1. The number of aromatic nitrogens is 1. The van der Waals surface area contributed by atoms with E-state index in [2.05, 4.69) is 20.9 Å². The summed E-state index contributed by atoms with van der Waals surface area (Å²) in [6.45, 7) is 1.79. The van der Waals surface area contributed by atoms with Gasteiger partial charge in [-0.1, -0.05) is 0 Å². The first kappa shape index (κ1) is 9.16. The van der Waals surface area contributed by atoms with Gasteiger partial charge in [0, 0.05) is 5.38 Å². The smallest absolute Gasteiger partial charge is 0.159 e. The highest BCUT2D eigenvalue weighted by molar-refractivity contribution is 9.11. The molecule has 1 unspecified atom stereocenters. The fourth-order valence-electron chi connectivity index (χ4n) is 0.754. The summed E-state index contributed by atoms with van der Waals surface area (Å²) in [5.74, 6) is 0. The first-order valence-electron chi connectivity index (χ1n) is 3.46. The molecular formula is C7H10BrNOS. The third-order valence-corrected chi connectivity index (χ3v) is 2.76. The molecule has 1 heterocycles. The number of hydrogen-bond acceptors (Lipinski definition) is 3. The van der Waals surface area contributed by atoms with Gasteiger partial charge in [0.05, 0.1) is 11.8 Å². The minimum Gasteiger partial charge on any atom is -0.393 e. The van der Waals surface area contributed by atoms with E-state index in [1.165, 1.54) is 0 Å². The first-order valence-corrected chi connectivity index (χ1v) is 5.13. The van der Waals surface area contributed by atoms with Crippen LogP contribution in [0, 0.1) is 0 Å². The Labute approximate surface area is 78.4 Å². The van der Waals surface area contributed by atoms with Gasteiger partial charge in [0.25, 0.3) is 0 Å². The molecule has 62 valence electrons. The summed E-state index contributed by atoms with van der Waals surface area (Å²) in [5, 5.41) is 11.0. The van der Waals surface area contributed by atoms with Gasteiger partial charge in [-0.15, -0.1) is 11.3 Å². The number of thiazole rings is 1. The van der Waals surface area contributed by atoms with Crippen LogP contribution < -0.4 is 0 Å². The molecule has 1 N–H and O–H groups in total. The molecule has 0 amide bonds. The lowest BCUT2D eigenvalue weighted by molar-refractivity contribution is 0.184. The van der Waals surface area contributed by atoms with Crippen LogP contribution in [0.2, 0.25) is 0 Å². The second kappa shape index (κ2) is 4.18. The summed E-state index contributed by atoms with van der Waals surface area (Å²) >= 11 is 4.86. The third kappa shape index (κ3) is 3.31. The number of aryl methyl sites for hydroxylation is 1. The number of aliphatic hydroxyl groups excluding tert-OH is 1. The van der Waals surface area contributed by atoms with E-state index in [1.54, 1.807) is 18.3 Å². The molecule has 0 aliphatic rings. The monoisotopic (exact) mass is 235 g/mol. The van der Waals surface area contributed by atoms with E-state index in [0.717, 1.165) is 22.5 Å². The van der Waals surface area contributed by atoms with Crippen LogP contribution in [-0.2, 0) is 6.42 Å². The molecular weight excluding hydrogens is 226 g/mol. The molecule has 0 aliphatic heterocycles. The van der Waals surface area contributed by atoms with Gasteiger partial charge in [0.2, 0.25) is 0 Å². The van der Waals surface area contributed by atoms with Gasteiger partial charge in [-0.25, -0.2) is 4.98 Å². The van der Waals surface area contributed by atoms with E-state index in [1.807, 2.05) is 5.38 Å². The quantitative estimate of drug-likeness (QED) is 0.872. The van der Waals surface area contributed by atoms with Crippen molar-refractivity contribution in [1.82, 2.24) is 4.98 Å². The van der Waals surface area contributed by atoms with Crippen LogP contribution in [0.3, 0.4) is 0 Å². The van der Waals surface area contributed by atoms with Gasteiger partial charge >= 0.3 is 0 Å². The zero-order chi connectivity index (χ0) is 8.27. The Kier molecular flexibility index (Phi) is 3.48. The van der Waals surface area contributed by atoms with Crippen LogP contribution in [0.15, 0.2) is 9.30 Å². The zero-order valence-corrected chi connectivity index (χ0v) is 8.65. The lowest BCUT2D eigenvalue weighted by Crippen LogP contribution is -2.01. The van der Waals surface area contributed by atoms with Gasteiger partial charge < -0.3 is 5.11 Å². The number of hydrogen-bond donors (Lipinski definition) is 1. The molecule has 1 aromatic heterocycles. The van der Waals surface area contributed by atoms with E-state index in [-0.39, 0.29) is 6.10 Å². The van der Waals surface area contributed by atoms with Crippen molar-refractivity contribution in [3.63, 3.8) is 0 Å². The summed E-state index contributed by atoms with van der Waals surface area (Å²) < 4.78 is 0.915. The molecule has 0 saturated heterocycles. The van der Waals surface area contributed by atoms with E-state index in [9.17, 15) is 0 Å². The maximum atomic E-state index is 8.98. The average molecular weight is 236 g/mol. The molecule has 11 heavy (non-hydrogen) atoms. The lowest BCUT2D eigenvalue weighted by atomic mass is 10.2. The second-order valence-electron chi connectivity index (χ2n) is 2.48. The van der Waals surface area contributed by atoms with Crippen LogP contribution >= 0.6 is 27.3 Å². The van der Waals surface area contributed by atoms with E-state index in [0.29, 0.717) is 0 Å². The minimum absolute atomic E-state index is 0.226. The summed E-state index contributed by atoms with van der Waals surface area (Å²) in [5.41, 5.74) is 1.06.